The molecule has 0 atom stereocenters. The first-order valence-corrected chi connectivity index (χ1v) is 6.35. The third kappa shape index (κ3) is 5.62. The van der Waals surface area contributed by atoms with E-state index in [9.17, 15) is 14.9 Å². The van der Waals surface area contributed by atoms with Gasteiger partial charge in [-0.15, -0.1) is 0 Å². The van der Waals surface area contributed by atoms with Crippen LogP contribution in [0.3, 0.4) is 0 Å². The zero-order valence-electron chi connectivity index (χ0n) is 11.7. The largest absolute Gasteiger partial charge is 0.353 e. The third-order valence-electron chi connectivity index (χ3n) is 2.63. The van der Waals surface area contributed by atoms with Crippen LogP contribution in [0.15, 0.2) is 30.3 Å². The molecule has 1 aromatic carbocycles. The lowest BCUT2D eigenvalue weighted by atomic mass is 10.1. The maximum Gasteiger partial charge on any atom is 0.276 e. The Bertz CT molecular complexity index is 498. The Morgan fingerprint density at radius 2 is 2.10 bits per heavy atom. The molecular formula is C14H19N3O3. The smallest absolute Gasteiger partial charge is 0.276 e. The summed E-state index contributed by atoms with van der Waals surface area (Å²) in [6, 6.07) is 6.31. The number of nitrogens with one attached hydrogen (secondary N) is 1. The summed E-state index contributed by atoms with van der Waals surface area (Å²) in [6.45, 7) is 1.48. The molecule has 0 radical (unpaired) electrons. The fourth-order valence-electron chi connectivity index (χ4n) is 1.63. The summed E-state index contributed by atoms with van der Waals surface area (Å²) < 4.78 is 0. The summed E-state index contributed by atoms with van der Waals surface area (Å²) in [5.74, 6) is -0.248. The van der Waals surface area contributed by atoms with Gasteiger partial charge in [-0.05, 0) is 39.2 Å². The Labute approximate surface area is 118 Å². The lowest BCUT2D eigenvalue weighted by molar-refractivity contribution is -0.385. The average molecular weight is 277 g/mol. The number of nitro benzene ring substituents is 1. The first kappa shape index (κ1) is 15.8. The Hall–Kier alpha value is -2.21. The molecule has 0 saturated carbocycles. The zero-order valence-corrected chi connectivity index (χ0v) is 11.7. The highest BCUT2D eigenvalue weighted by Crippen LogP contribution is 2.18. The maximum atomic E-state index is 11.6. The highest BCUT2D eigenvalue weighted by atomic mass is 16.6. The Balaban J connectivity index is 2.51. The number of hydrogen-bond donors (Lipinski definition) is 1. The van der Waals surface area contributed by atoms with Gasteiger partial charge >= 0.3 is 0 Å². The number of carbonyl (C=O) groups excluding carboxylic acids is 1. The quantitative estimate of drug-likeness (QED) is 0.356. The molecule has 0 unspecified atom stereocenters. The molecule has 1 amide bonds. The van der Waals surface area contributed by atoms with Crippen LogP contribution in [0.5, 0.6) is 0 Å². The lowest BCUT2D eigenvalue weighted by Crippen LogP contribution is -2.25. The molecule has 20 heavy (non-hydrogen) atoms. The van der Waals surface area contributed by atoms with Crippen LogP contribution >= 0.6 is 0 Å². The molecule has 6 nitrogen and oxygen atoms in total. The van der Waals surface area contributed by atoms with Crippen molar-refractivity contribution in [2.45, 2.75) is 6.42 Å². The summed E-state index contributed by atoms with van der Waals surface area (Å²) in [5.41, 5.74) is 0.407. The standard InChI is InChI=1S/C14H19N3O3/c1-16(2)11-5-10-15-14(18)9-8-12-6-3-4-7-13(12)17(19)20/h3-4,6-9H,5,10-11H2,1-2H3,(H,15,18)/b9-8+. The van der Waals surface area contributed by atoms with Gasteiger partial charge in [-0.3, -0.25) is 14.9 Å². The van der Waals surface area contributed by atoms with E-state index in [2.05, 4.69) is 5.32 Å². The molecule has 6 heteroatoms. The summed E-state index contributed by atoms with van der Waals surface area (Å²) in [4.78, 5) is 23.9. The minimum atomic E-state index is -0.464. The second kappa shape index (κ2) is 8.06. The topological polar surface area (TPSA) is 75.5 Å². The highest BCUT2D eigenvalue weighted by Gasteiger charge is 2.09. The Morgan fingerprint density at radius 3 is 2.75 bits per heavy atom. The molecule has 0 aliphatic heterocycles. The van der Waals surface area contributed by atoms with Gasteiger partial charge in [0.05, 0.1) is 10.5 Å². The summed E-state index contributed by atoms with van der Waals surface area (Å²) in [7, 11) is 3.94. The van der Waals surface area contributed by atoms with E-state index in [1.165, 1.54) is 18.2 Å². The van der Waals surface area contributed by atoms with Gasteiger partial charge < -0.3 is 10.2 Å². The molecule has 0 fully saturated rings. The van der Waals surface area contributed by atoms with Crippen molar-refractivity contribution in [3.05, 3.63) is 46.0 Å². The number of amides is 1. The number of para-hydroxylation sites is 1. The van der Waals surface area contributed by atoms with E-state index < -0.39 is 4.92 Å². The Morgan fingerprint density at radius 1 is 1.40 bits per heavy atom. The Kier molecular flexibility index (Phi) is 6.39. The molecule has 1 aromatic rings. The number of hydrogen-bond acceptors (Lipinski definition) is 4. The van der Waals surface area contributed by atoms with Gasteiger partial charge in [-0.25, -0.2) is 0 Å². The van der Waals surface area contributed by atoms with Crippen molar-refractivity contribution in [1.29, 1.82) is 0 Å². The van der Waals surface area contributed by atoms with Crippen LogP contribution in [0.1, 0.15) is 12.0 Å². The van der Waals surface area contributed by atoms with Crippen molar-refractivity contribution >= 4 is 17.7 Å². The average Bonchev–Trinajstić information content (AvgIpc) is 2.41. The summed E-state index contributed by atoms with van der Waals surface area (Å²) in [6.07, 6.45) is 3.63. The second-order valence-corrected chi connectivity index (χ2v) is 4.60. The second-order valence-electron chi connectivity index (χ2n) is 4.60. The van der Waals surface area contributed by atoms with Crippen LogP contribution in [0.25, 0.3) is 6.08 Å². The van der Waals surface area contributed by atoms with Gasteiger partial charge in [0.2, 0.25) is 5.91 Å². The minimum Gasteiger partial charge on any atom is -0.353 e. The van der Waals surface area contributed by atoms with Crippen LogP contribution in [0.2, 0.25) is 0 Å². The van der Waals surface area contributed by atoms with Crippen molar-refractivity contribution in [2.75, 3.05) is 27.2 Å². The van der Waals surface area contributed by atoms with Gasteiger partial charge in [0.15, 0.2) is 0 Å². The van der Waals surface area contributed by atoms with Crippen molar-refractivity contribution < 1.29 is 9.72 Å². The van der Waals surface area contributed by atoms with Crippen molar-refractivity contribution in [3.63, 3.8) is 0 Å². The molecule has 0 bridgehead atoms. The van der Waals surface area contributed by atoms with Gasteiger partial charge in [0, 0.05) is 18.7 Å². The number of nitrogens with zero attached hydrogens (tertiary/aromatic N) is 2. The monoisotopic (exact) mass is 277 g/mol. The number of benzene rings is 1. The molecule has 0 aliphatic carbocycles. The summed E-state index contributed by atoms with van der Waals surface area (Å²) >= 11 is 0. The molecule has 0 spiro atoms. The van der Waals surface area contributed by atoms with Crippen molar-refractivity contribution in [2.24, 2.45) is 0 Å². The molecule has 1 rings (SSSR count). The molecular weight excluding hydrogens is 258 g/mol. The number of carbonyl (C=O) groups is 1. The fraction of sp³-hybridized carbons (Fsp3) is 0.357. The van der Waals surface area contributed by atoms with Crippen LogP contribution in [0, 0.1) is 10.1 Å². The molecule has 1 N–H and O–H groups in total. The molecule has 0 saturated heterocycles. The number of nitro groups is 1. The van der Waals surface area contributed by atoms with E-state index in [-0.39, 0.29) is 11.6 Å². The van der Waals surface area contributed by atoms with Crippen molar-refractivity contribution in [1.82, 2.24) is 10.2 Å². The van der Waals surface area contributed by atoms with E-state index in [4.69, 9.17) is 0 Å². The van der Waals surface area contributed by atoms with Gasteiger partial charge in [0.1, 0.15) is 0 Å². The van der Waals surface area contributed by atoms with E-state index in [0.29, 0.717) is 12.1 Å². The van der Waals surface area contributed by atoms with E-state index in [0.717, 1.165) is 13.0 Å². The first-order chi connectivity index (χ1) is 9.50. The molecule has 108 valence electrons. The SMILES string of the molecule is CN(C)CCCNC(=O)/C=C/c1ccccc1[N+](=O)[O-]. The first-order valence-electron chi connectivity index (χ1n) is 6.35. The van der Waals surface area contributed by atoms with Gasteiger partial charge in [0.25, 0.3) is 5.69 Å². The van der Waals surface area contributed by atoms with Crippen molar-refractivity contribution in [3.8, 4) is 0 Å². The third-order valence-corrected chi connectivity index (χ3v) is 2.63. The normalized spacial score (nSPS) is 10.9. The van der Waals surface area contributed by atoms with Crippen LogP contribution in [-0.2, 0) is 4.79 Å². The van der Waals surface area contributed by atoms with Crippen LogP contribution in [0.4, 0.5) is 5.69 Å². The van der Waals surface area contributed by atoms with Gasteiger partial charge in [-0.2, -0.15) is 0 Å². The molecule has 0 aliphatic rings. The predicted octanol–water partition coefficient (Wildman–Crippen LogP) is 1.68. The summed E-state index contributed by atoms with van der Waals surface area (Å²) in [5, 5.41) is 13.5. The van der Waals surface area contributed by atoms with E-state index in [1.807, 2.05) is 19.0 Å². The van der Waals surface area contributed by atoms with E-state index >= 15 is 0 Å². The maximum absolute atomic E-state index is 11.6. The molecule has 0 heterocycles. The fourth-order valence-corrected chi connectivity index (χ4v) is 1.63. The number of rotatable bonds is 7. The minimum absolute atomic E-state index is 0.0100. The lowest BCUT2D eigenvalue weighted by Gasteiger charge is -2.08. The predicted molar refractivity (Wildman–Crippen MR) is 78.3 cm³/mol. The molecule has 0 aromatic heterocycles. The van der Waals surface area contributed by atoms with Gasteiger partial charge in [-0.1, -0.05) is 12.1 Å². The highest BCUT2D eigenvalue weighted by molar-refractivity contribution is 5.92. The van der Waals surface area contributed by atoms with Crippen LogP contribution in [-0.4, -0.2) is 42.9 Å². The van der Waals surface area contributed by atoms with Crippen LogP contribution < -0.4 is 5.32 Å². The van der Waals surface area contributed by atoms with E-state index in [1.54, 1.807) is 18.2 Å². The zero-order chi connectivity index (χ0) is 15.0.